The topological polar surface area (TPSA) is 85.6 Å². The molecule has 5 heteroatoms. The number of hydrogen-bond donors (Lipinski definition) is 4. The number of pyridine rings is 1. The molecule has 0 fully saturated rings. The summed E-state index contributed by atoms with van der Waals surface area (Å²) < 4.78 is 0. The molecule has 108 valence electrons. The number of aryl methyl sites for hydroxylation is 1. The van der Waals surface area contributed by atoms with Crippen molar-refractivity contribution in [3.05, 3.63) is 40.8 Å². The maximum Gasteiger partial charge on any atom is 0.140 e. The predicted octanol–water partition coefficient (Wildman–Crippen LogP) is 2.46. The van der Waals surface area contributed by atoms with Crippen molar-refractivity contribution in [3.8, 4) is 5.75 Å². The van der Waals surface area contributed by atoms with Crippen molar-refractivity contribution in [2.24, 2.45) is 5.92 Å². The molecule has 2 atom stereocenters. The van der Waals surface area contributed by atoms with Crippen molar-refractivity contribution >= 4 is 5.82 Å². The summed E-state index contributed by atoms with van der Waals surface area (Å²) in [6.07, 6.45) is 4.84. The molecule has 0 amide bonds. The molecule has 4 N–H and O–H groups in total. The highest BCUT2D eigenvalue weighted by Gasteiger charge is 2.21. The first-order valence-corrected chi connectivity index (χ1v) is 6.59. The summed E-state index contributed by atoms with van der Waals surface area (Å²) in [6, 6.07) is 0. The number of aromatic nitrogens is 1. The SMILES string of the molecule is Cc1nc(NC(O)[C@@H]2C=C(O)C=CC2)c(C)c(C)c1O. The van der Waals surface area contributed by atoms with Crippen LogP contribution < -0.4 is 5.32 Å². The van der Waals surface area contributed by atoms with E-state index >= 15 is 0 Å². The number of aliphatic hydroxyl groups excluding tert-OH is 2. The minimum Gasteiger partial charge on any atom is -0.508 e. The van der Waals surface area contributed by atoms with Crippen LogP contribution in [0.5, 0.6) is 5.75 Å². The number of allylic oxidation sites excluding steroid dienone is 2. The van der Waals surface area contributed by atoms with Gasteiger partial charge in [-0.15, -0.1) is 0 Å². The smallest absolute Gasteiger partial charge is 0.140 e. The maximum atomic E-state index is 10.2. The monoisotopic (exact) mass is 276 g/mol. The van der Waals surface area contributed by atoms with E-state index in [0.717, 1.165) is 11.1 Å². The second-order valence-corrected chi connectivity index (χ2v) is 5.13. The Morgan fingerprint density at radius 2 is 1.95 bits per heavy atom. The van der Waals surface area contributed by atoms with Gasteiger partial charge in [0.1, 0.15) is 23.6 Å². The zero-order chi connectivity index (χ0) is 14.9. The van der Waals surface area contributed by atoms with Crippen LogP contribution in [-0.2, 0) is 0 Å². The molecule has 0 aromatic carbocycles. The Bertz CT molecular complexity index is 579. The lowest BCUT2D eigenvalue weighted by atomic mass is 9.98. The van der Waals surface area contributed by atoms with E-state index < -0.39 is 6.23 Å². The number of aromatic hydroxyl groups is 1. The first-order chi connectivity index (χ1) is 9.40. The molecule has 0 aliphatic heterocycles. The van der Waals surface area contributed by atoms with Crippen molar-refractivity contribution in [3.63, 3.8) is 0 Å². The number of nitrogens with one attached hydrogen (secondary N) is 1. The van der Waals surface area contributed by atoms with Gasteiger partial charge in [0.05, 0.1) is 5.69 Å². The van der Waals surface area contributed by atoms with Crippen LogP contribution in [0.1, 0.15) is 23.2 Å². The Balaban J connectivity index is 2.20. The van der Waals surface area contributed by atoms with E-state index in [4.69, 9.17) is 0 Å². The molecule has 1 heterocycles. The molecular weight excluding hydrogens is 256 g/mol. The first kappa shape index (κ1) is 14.4. The number of hydrogen-bond acceptors (Lipinski definition) is 5. The van der Waals surface area contributed by atoms with Gasteiger partial charge in [0.25, 0.3) is 0 Å². The fourth-order valence-corrected chi connectivity index (χ4v) is 2.23. The van der Waals surface area contributed by atoms with Crippen LogP contribution in [0.3, 0.4) is 0 Å². The molecule has 1 aliphatic rings. The normalized spacial score (nSPS) is 19.6. The molecule has 0 saturated heterocycles. The standard InChI is InChI=1S/C15H20N2O3/c1-8-9(2)14(16-10(3)13(8)19)17-15(20)11-5-4-6-12(18)7-11/h4,6-7,11,15,18-20H,5H2,1-3H3,(H,16,17)/t11-,15?/m0/s1. The van der Waals surface area contributed by atoms with Crippen LogP contribution in [0, 0.1) is 26.7 Å². The van der Waals surface area contributed by atoms with Crippen LogP contribution in [0.4, 0.5) is 5.82 Å². The van der Waals surface area contributed by atoms with Gasteiger partial charge in [-0.1, -0.05) is 6.08 Å². The zero-order valence-corrected chi connectivity index (χ0v) is 11.9. The largest absolute Gasteiger partial charge is 0.508 e. The van der Waals surface area contributed by atoms with Crippen LogP contribution in [0.2, 0.25) is 0 Å². The molecule has 5 nitrogen and oxygen atoms in total. The minimum absolute atomic E-state index is 0.157. The first-order valence-electron chi connectivity index (χ1n) is 6.59. The second-order valence-electron chi connectivity index (χ2n) is 5.13. The van der Waals surface area contributed by atoms with Crippen molar-refractivity contribution in [2.45, 2.75) is 33.4 Å². The lowest BCUT2D eigenvalue weighted by Gasteiger charge is -2.24. The average Bonchev–Trinajstić information content (AvgIpc) is 2.42. The van der Waals surface area contributed by atoms with Crippen molar-refractivity contribution in [2.75, 3.05) is 5.32 Å². The average molecular weight is 276 g/mol. The fraction of sp³-hybridized carbons (Fsp3) is 0.400. The summed E-state index contributed by atoms with van der Waals surface area (Å²) in [4.78, 5) is 4.26. The number of aliphatic hydroxyl groups is 2. The molecule has 20 heavy (non-hydrogen) atoms. The van der Waals surface area contributed by atoms with E-state index in [1.54, 1.807) is 19.1 Å². The third-order valence-electron chi connectivity index (χ3n) is 3.67. The van der Waals surface area contributed by atoms with E-state index in [0.29, 0.717) is 17.9 Å². The molecule has 0 saturated carbocycles. The Labute approximate surface area is 118 Å². The van der Waals surface area contributed by atoms with Crippen molar-refractivity contribution in [1.82, 2.24) is 4.98 Å². The summed E-state index contributed by atoms with van der Waals surface area (Å²) >= 11 is 0. The van der Waals surface area contributed by atoms with Gasteiger partial charge in [-0.25, -0.2) is 4.98 Å². The van der Waals surface area contributed by atoms with Crippen molar-refractivity contribution in [1.29, 1.82) is 0 Å². The van der Waals surface area contributed by atoms with Crippen LogP contribution in [0.25, 0.3) is 0 Å². The molecule has 0 radical (unpaired) electrons. The van der Waals surface area contributed by atoms with E-state index in [1.165, 1.54) is 0 Å². The van der Waals surface area contributed by atoms with Gasteiger partial charge < -0.3 is 20.6 Å². The van der Waals surface area contributed by atoms with E-state index in [2.05, 4.69) is 10.3 Å². The molecule has 1 aromatic heterocycles. The third kappa shape index (κ3) is 2.77. The third-order valence-corrected chi connectivity index (χ3v) is 3.67. The number of nitrogens with zero attached hydrogens (tertiary/aromatic N) is 1. The summed E-state index contributed by atoms with van der Waals surface area (Å²) in [5.41, 5.74) is 2.06. The lowest BCUT2D eigenvalue weighted by Crippen LogP contribution is -2.29. The van der Waals surface area contributed by atoms with Gasteiger partial charge in [0.15, 0.2) is 0 Å². The fourth-order valence-electron chi connectivity index (χ4n) is 2.23. The van der Waals surface area contributed by atoms with Crippen LogP contribution in [-0.4, -0.2) is 26.5 Å². The van der Waals surface area contributed by atoms with Gasteiger partial charge >= 0.3 is 0 Å². The van der Waals surface area contributed by atoms with Gasteiger partial charge in [-0.3, -0.25) is 0 Å². The summed E-state index contributed by atoms with van der Waals surface area (Å²) in [6.45, 7) is 5.37. The number of anilines is 1. The van der Waals surface area contributed by atoms with E-state index in [1.807, 2.05) is 19.9 Å². The molecule has 1 aliphatic carbocycles. The summed E-state index contributed by atoms with van der Waals surface area (Å²) in [7, 11) is 0. The van der Waals surface area contributed by atoms with Gasteiger partial charge in [-0.2, -0.15) is 0 Å². The molecule has 2 rings (SSSR count). The lowest BCUT2D eigenvalue weighted by molar-refractivity contribution is 0.155. The minimum atomic E-state index is -0.850. The zero-order valence-electron chi connectivity index (χ0n) is 11.9. The Hall–Kier alpha value is -2.01. The Morgan fingerprint density at radius 1 is 1.25 bits per heavy atom. The van der Waals surface area contributed by atoms with Crippen molar-refractivity contribution < 1.29 is 15.3 Å². The van der Waals surface area contributed by atoms with Gasteiger partial charge in [0, 0.05) is 5.92 Å². The van der Waals surface area contributed by atoms with Crippen LogP contribution >= 0.6 is 0 Å². The van der Waals surface area contributed by atoms with Crippen LogP contribution in [0.15, 0.2) is 24.0 Å². The summed E-state index contributed by atoms with van der Waals surface area (Å²) in [5, 5.41) is 32.5. The molecule has 1 aromatic rings. The molecular formula is C15H20N2O3. The molecule has 0 bridgehead atoms. The predicted molar refractivity (Wildman–Crippen MR) is 77.7 cm³/mol. The van der Waals surface area contributed by atoms with Gasteiger partial charge in [0.2, 0.25) is 0 Å². The summed E-state index contributed by atoms with van der Waals surface area (Å²) in [5.74, 6) is 0.675. The quantitative estimate of drug-likeness (QED) is 0.637. The number of rotatable bonds is 3. The highest BCUT2D eigenvalue weighted by atomic mass is 16.3. The Morgan fingerprint density at radius 3 is 2.60 bits per heavy atom. The molecule has 1 unspecified atom stereocenters. The highest BCUT2D eigenvalue weighted by molar-refractivity contribution is 5.54. The highest BCUT2D eigenvalue weighted by Crippen LogP contribution is 2.29. The maximum absolute atomic E-state index is 10.2. The second kappa shape index (κ2) is 5.54. The molecule has 0 spiro atoms. The van der Waals surface area contributed by atoms with E-state index in [-0.39, 0.29) is 17.4 Å². The van der Waals surface area contributed by atoms with E-state index in [9.17, 15) is 15.3 Å². The van der Waals surface area contributed by atoms with Gasteiger partial charge in [-0.05, 0) is 50.5 Å². The Kier molecular flexibility index (Phi) is 3.99.